The Balaban J connectivity index is 1.74. The molecule has 2 fully saturated rings. The summed E-state index contributed by atoms with van der Waals surface area (Å²) in [5.74, 6) is 0.209. The minimum atomic E-state index is -0.604. The second kappa shape index (κ2) is 6.02. The molecule has 1 amide bonds. The summed E-state index contributed by atoms with van der Waals surface area (Å²) in [6.07, 6.45) is 7.10. The lowest BCUT2D eigenvalue weighted by atomic mass is 9.91. The first-order valence-electron chi connectivity index (χ1n) is 7.36. The zero-order valence-corrected chi connectivity index (χ0v) is 11.5. The molecule has 1 aliphatic carbocycles. The van der Waals surface area contributed by atoms with Crippen molar-refractivity contribution in [3.63, 3.8) is 0 Å². The number of hydrogen-bond acceptors (Lipinski definition) is 3. The smallest absolute Gasteiger partial charge is 0.222 e. The summed E-state index contributed by atoms with van der Waals surface area (Å²) in [5.41, 5.74) is -0.604. The van der Waals surface area contributed by atoms with E-state index in [4.69, 9.17) is 0 Å². The van der Waals surface area contributed by atoms with Gasteiger partial charge in [-0.15, -0.1) is 0 Å². The van der Waals surface area contributed by atoms with Crippen LogP contribution in [0.5, 0.6) is 0 Å². The molecule has 104 valence electrons. The van der Waals surface area contributed by atoms with Gasteiger partial charge in [-0.25, -0.2) is 0 Å². The molecular formula is C14H26N2O2. The average molecular weight is 254 g/mol. The molecule has 18 heavy (non-hydrogen) atoms. The van der Waals surface area contributed by atoms with Crippen molar-refractivity contribution < 1.29 is 9.90 Å². The number of hydrogen-bond donors (Lipinski definition) is 2. The molecule has 0 radical (unpaired) electrons. The summed E-state index contributed by atoms with van der Waals surface area (Å²) in [6.45, 7) is 3.99. The number of aliphatic hydroxyl groups is 1. The number of rotatable bonds is 4. The van der Waals surface area contributed by atoms with Crippen LogP contribution < -0.4 is 5.32 Å². The SMILES string of the molecule is CCC(=O)N1CCC(O)(CNC2CCCC2)CC1. The van der Waals surface area contributed by atoms with E-state index in [1.807, 2.05) is 11.8 Å². The first kappa shape index (κ1) is 13.8. The van der Waals surface area contributed by atoms with E-state index in [1.54, 1.807) is 0 Å². The molecule has 0 aromatic rings. The quantitative estimate of drug-likeness (QED) is 0.794. The van der Waals surface area contributed by atoms with Gasteiger partial charge in [0.15, 0.2) is 0 Å². The summed E-state index contributed by atoms with van der Waals surface area (Å²) >= 11 is 0. The highest BCUT2D eigenvalue weighted by atomic mass is 16.3. The highest BCUT2D eigenvalue weighted by Crippen LogP contribution is 2.24. The Bertz CT molecular complexity index is 280. The van der Waals surface area contributed by atoms with Crippen molar-refractivity contribution in [1.82, 2.24) is 10.2 Å². The summed E-state index contributed by atoms with van der Waals surface area (Å²) < 4.78 is 0. The molecule has 4 nitrogen and oxygen atoms in total. The molecule has 0 unspecified atom stereocenters. The normalized spacial score (nSPS) is 24.4. The van der Waals surface area contributed by atoms with Crippen molar-refractivity contribution in [3.05, 3.63) is 0 Å². The fraction of sp³-hybridized carbons (Fsp3) is 0.929. The molecule has 0 aromatic carbocycles. The van der Waals surface area contributed by atoms with E-state index in [0.29, 0.717) is 44.9 Å². The van der Waals surface area contributed by atoms with Crippen LogP contribution in [0.2, 0.25) is 0 Å². The molecule has 0 bridgehead atoms. The van der Waals surface area contributed by atoms with E-state index >= 15 is 0 Å². The predicted molar refractivity (Wildman–Crippen MR) is 71.3 cm³/mol. The van der Waals surface area contributed by atoms with Crippen LogP contribution in [0.25, 0.3) is 0 Å². The van der Waals surface area contributed by atoms with Gasteiger partial charge in [-0.05, 0) is 25.7 Å². The Hall–Kier alpha value is -0.610. The predicted octanol–water partition coefficient (Wildman–Crippen LogP) is 1.28. The van der Waals surface area contributed by atoms with E-state index in [0.717, 1.165) is 0 Å². The van der Waals surface area contributed by atoms with Gasteiger partial charge in [0.2, 0.25) is 5.91 Å². The Labute approximate surface area is 110 Å². The summed E-state index contributed by atoms with van der Waals surface area (Å²) in [4.78, 5) is 13.5. The number of amides is 1. The van der Waals surface area contributed by atoms with Crippen molar-refractivity contribution in [3.8, 4) is 0 Å². The molecule has 4 heteroatoms. The highest BCUT2D eigenvalue weighted by molar-refractivity contribution is 5.75. The lowest BCUT2D eigenvalue weighted by molar-refractivity contribution is -0.135. The van der Waals surface area contributed by atoms with Crippen molar-refractivity contribution in [2.24, 2.45) is 0 Å². The number of piperidine rings is 1. The van der Waals surface area contributed by atoms with Gasteiger partial charge in [0.05, 0.1) is 5.60 Å². The van der Waals surface area contributed by atoms with Crippen molar-refractivity contribution in [2.45, 2.75) is 63.5 Å². The van der Waals surface area contributed by atoms with Crippen LogP contribution in [0.1, 0.15) is 51.9 Å². The van der Waals surface area contributed by atoms with Crippen molar-refractivity contribution >= 4 is 5.91 Å². The molecule has 0 atom stereocenters. The number of likely N-dealkylation sites (tertiary alicyclic amines) is 1. The van der Waals surface area contributed by atoms with Crippen molar-refractivity contribution in [1.29, 1.82) is 0 Å². The molecular weight excluding hydrogens is 228 g/mol. The number of nitrogens with zero attached hydrogens (tertiary/aromatic N) is 1. The third-order valence-corrected chi connectivity index (χ3v) is 4.42. The minimum Gasteiger partial charge on any atom is -0.388 e. The molecule has 2 rings (SSSR count). The third-order valence-electron chi connectivity index (χ3n) is 4.42. The monoisotopic (exact) mass is 254 g/mol. The second-order valence-corrected chi connectivity index (χ2v) is 5.82. The van der Waals surface area contributed by atoms with E-state index < -0.39 is 5.60 Å². The standard InChI is InChI=1S/C14H26N2O2/c1-2-13(17)16-9-7-14(18,8-10-16)11-15-12-5-3-4-6-12/h12,15,18H,2-11H2,1H3. The Morgan fingerprint density at radius 1 is 1.33 bits per heavy atom. The highest BCUT2D eigenvalue weighted by Gasteiger charge is 2.33. The Morgan fingerprint density at radius 2 is 1.94 bits per heavy atom. The first-order valence-corrected chi connectivity index (χ1v) is 7.36. The van der Waals surface area contributed by atoms with Gasteiger partial charge in [0.1, 0.15) is 0 Å². The van der Waals surface area contributed by atoms with Gasteiger partial charge in [0.25, 0.3) is 0 Å². The van der Waals surface area contributed by atoms with Crippen molar-refractivity contribution in [2.75, 3.05) is 19.6 Å². The lowest BCUT2D eigenvalue weighted by Gasteiger charge is -2.38. The maximum absolute atomic E-state index is 11.6. The molecule has 0 aromatic heterocycles. The molecule has 1 heterocycles. The van der Waals surface area contributed by atoms with E-state index in [1.165, 1.54) is 25.7 Å². The molecule has 1 saturated carbocycles. The number of nitrogens with one attached hydrogen (secondary N) is 1. The van der Waals surface area contributed by atoms with E-state index in [9.17, 15) is 9.90 Å². The van der Waals surface area contributed by atoms with E-state index in [-0.39, 0.29) is 5.91 Å². The largest absolute Gasteiger partial charge is 0.388 e. The zero-order chi connectivity index (χ0) is 13.0. The first-order chi connectivity index (χ1) is 8.63. The van der Waals surface area contributed by atoms with Crippen LogP contribution >= 0.6 is 0 Å². The zero-order valence-electron chi connectivity index (χ0n) is 11.5. The third kappa shape index (κ3) is 3.45. The van der Waals surface area contributed by atoms with Crippen LogP contribution in [0.15, 0.2) is 0 Å². The summed E-state index contributed by atoms with van der Waals surface area (Å²) in [6, 6.07) is 0.601. The van der Waals surface area contributed by atoms with Gasteiger partial charge in [0, 0.05) is 32.1 Å². The van der Waals surface area contributed by atoms with Gasteiger partial charge in [-0.3, -0.25) is 4.79 Å². The topological polar surface area (TPSA) is 52.6 Å². The van der Waals surface area contributed by atoms with Crippen LogP contribution in [0.3, 0.4) is 0 Å². The van der Waals surface area contributed by atoms with Gasteiger partial charge >= 0.3 is 0 Å². The van der Waals surface area contributed by atoms with Gasteiger partial charge < -0.3 is 15.3 Å². The summed E-state index contributed by atoms with van der Waals surface area (Å²) in [5, 5.41) is 14.0. The Morgan fingerprint density at radius 3 is 2.50 bits per heavy atom. The lowest BCUT2D eigenvalue weighted by Crippen LogP contribution is -2.52. The molecule has 1 saturated heterocycles. The van der Waals surface area contributed by atoms with Crippen LogP contribution in [-0.4, -0.2) is 47.2 Å². The molecule has 0 spiro atoms. The fourth-order valence-electron chi connectivity index (χ4n) is 3.04. The fourth-order valence-corrected chi connectivity index (χ4v) is 3.04. The second-order valence-electron chi connectivity index (χ2n) is 5.82. The molecule has 1 aliphatic heterocycles. The number of carbonyl (C=O) groups excluding carboxylic acids is 1. The van der Waals surface area contributed by atoms with Gasteiger partial charge in [-0.1, -0.05) is 19.8 Å². The van der Waals surface area contributed by atoms with E-state index in [2.05, 4.69) is 5.32 Å². The summed E-state index contributed by atoms with van der Waals surface area (Å²) in [7, 11) is 0. The molecule has 2 aliphatic rings. The van der Waals surface area contributed by atoms with Crippen LogP contribution in [0.4, 0.5) is 0 Å². The van der Waals surface area contributed by atoms with Crippen LogP contribution in [0, 0.1) is 0 Å². The van der Waals surface area contributed by atoms with Crippen LogP contribution in [-0.2, 0) is 4.79 Å². The maximum atomic E-state index is 11.6. The average Bonchev–Trinajstić information content (AvgIpc) is 2.90. The Kier molecular flexibility index (Phi) is 4.62. The minimum absolute atomic E-state index is 0.209. The van der Waals surface area contributed by atoms with Gasteiger partial charge in [-0.2, -0.15) is 0 Å². The molecule has 2 N–H and O–H groups in total. The maximum Gasteiger partial charge on any atom is 0.222 e. The number of carbonyl (C=O) groups is 1.